The van der Waals surface area contributed by atoms with Crippen molar-refractivity contribution in [2.45, 2.75) is 19.9 Å². The summed E-state index contributed by atoms with van der Waals surface area (Å²) in [4.78, 5) is 6.62. The first-order valence-electron chi connectivity index (χ1n) is 6.07. The molecule has 3 rings (SSSR count). The highest BCUT2D eigenvalue weighted by Gasteiger charge is 2.20. The second-order valence-electron chi connectivity index (χ2n) is 4.61. The molecule has 1 unspecified atom stereocenters. The fourth-order valence-corrected chi connectivity index (χ4v) is 2.10. The Hall–Kier alpha value is -1.89. The van der Waals surface area contributed by atoms with Crippen LogP contribution in [0, 0.1) is 6.92 Å². The summed E-state index contributed by atoms with van der Waals surface area (Å²) in [5.41, 5.74) is 0.689. The minimum atomic E-state index is 0.454. The highest BCUT2D eigenvalue weighted by Crippen LogP contribution is 2.17. The number of H-pyrrole nitrogens is 1. The van der Waals surface area contributed by atoms with Gasteiger partial charge in [-0.05, 0) is 13.8 Å². The van der Waals surface area contributed by atoms with Crippen molar-refractivity contribution in [3.8, 4) is 11.5 Å². The standard InChI is InChI=1S/C11H16N6O/c1-7-6-17(4-3-12-7)11-13-10(14-15-11)9-5-8(2)18-16-9/h5,7,12H,3-4,6H2,1-2H3,(H,13,14,15). The predicted octanol–water partition coefficient (Wildman–Crippen LogP) is 0.566. The normalized spacial score (nSPS) is 20.3. The Morgan fingerprint density at radius 2 is 2.39 bits per heavy atom. The molecule has 2 aromatic rings. The van der Waals surface area contributed by atoms with Gasteiger partial charge in [-0.1, -0.05) is 5.16 Å². The summed E-state index contributed by atoms with van der Waals surface area (Å²) in [6.07, 6.45) is 0. The van der Waals surface area contributed by atoms with Gasteiger partial charge in [-0.25, -0.2) is 0 Å². The monoisotopic (exact) mass is 248 g/mol. The third kappa shape index (κ3) is 2.08. The summed E-state index contributed by atoms with van der Waals surface area (Å²) < 4.78 is 5.03. The maximum atomic E-state index is 5.03. The molecule has 1 saturated heterocycles. The Morgan fingerprint density at radius 3 is 3.11 bits per heavy atom. The topological polar surface area (TPSA) is 82.9 Å². The van der Waals surface area contributed by atoms with E-state index in [1.54, 1.807) is 0 Å². The van der Waals surface area contributed by atoms with Gasteiger partial charge in [0.2, 0.25) is 5.95 Å². The molecule has 96 valence electrons. The summed E-state index contributed by atoms with van der Waals surface area (Å²) in [6, 6.07) is 2.29. The Kier molecular flexibility index (Phi) is 2.75. The minimum Gasteiger partial charge on any atom is -0.361 e. The number of aromatic amines is 1. The first kappa shape index (κ1) is 11.2. The van der Waals surface area contributed by atoms with Crippen molar-refractivity contribution in [3.05, 3.63) is 11.8 Å². The molecule has 2 aromatic heterocycles. The number of nitrogens with one attached hydrogen (secondary N) is 2. The van der Waals surface area contributed by atoms with Gasteiger partial charge < -0.3 is 14.7 Å². The van der Waals surface area contributed by atoms with E-state index >= 15 is 0 Å². The molecule has 18 heavy (non-hydrogen) atoms. The summed E-state index contributed by atoms with van der Waals surface area (Å²) in [5, 5.41) is 14.5. The largest absolute Gasteiger partial charge is 0.361 e. The van der Waals surface area contributed by atoms with Crippen LogP contribution in [-0.2, 0) is 0 Å². The van der Waals surface area contributed by atoms with E-state index in [0.717, 1.165) is 31.3 Å². The van der Waals surface area contributed by atoms with E-state index < -0.39 is 0 Å². The van der Waals surface area contributed by atoms with Crippen LogP contribution in [0.1, 0.15) is 12.7 Å². The number of hydrogen-bond donors (Lipinski definition) is 2. The molecule has 0 spiro atoms. The van der Waals surface area contributed by atoms with Gasteiger partial charge in [0, 0.05) is 31.7 Å². The molecular formula is C11H16N6O. The van der Waals surface area contributed by atoms with Crippen LogP contribution in [0.5, 0.6) is 0 Å². The SMILES string of the molecule is Cc1cc(-c2nc(N3CCNC(C)C3)n[nH]2)no1. The zero-order valence-corrected chi connectivity index (χ0v) is 10.5. The zero-order chi connectivity index (χ0) is 12.5. The fraction of sp³-hybridized carbons (Fsp3) is 0.545. The molecule has 0 aliphatic carbocycles. The van der Waals surface area contributed by atoms with Crippen molar-refractivity contribution >= 4 is 5.95 Å². The number of rotatable bonds is 2. The highest BCUT2D eigenvalue weighted by atomic mass is 16.5. The molecule has 1 aliphatic heterocycles. The predicted molar refractivity (Wildman–Crippen MR) is 66.3 cm³/mol. The molecule has 3 heterocycles. The summed E-state index contributed by atoms with van der Waals surface area (Å²) in [6.45, 7) is 6.79. The summed E-state index contributed by atoms with van der Waals surface area (Å²) in [7, 11) is 0. The summed E-state index contributed by atoms with van der Waals surface area (Å²) >= 11 is 0. The molecule has 1 atom stereocenters. The Morgan fingerprint density at radius 1 is 1.50 bits per heavy atom. The number of hydrogen-bond acceptors (Lipinski definition) is 6. The minimum absolute atomic E-state index is 0.454. The third-order valence-electron chi connectivity index (χ3n) is 3.00. The van der Waals surface area contributed by atoms with E-state index in [9.17, 15) is 0 Å². The van der Waals surface area contributed by atoms with Crippen LogP contribution >= 0.6 is 0 Å². The molecule has 0 saturated carbocycles. The second kappa shape index (κ2) is 4.41. The number of aromatic nitrogens is 4. The van der Waals surface area contributed by atoms with Crippen LogP contribution < -0.4 is 10.2 Å². The van der Waals surface area contributed by atoms with Crippen molar-refractivity contribution in [1.29, 1.82) is 0 Å². The van der Waals surface area contributed by atoms with E-state index in [1.165, 1.54) is 0 Å². The van der Waals surface area contributed by atoms with Crippen LogP contribution in [0.15, 0.2) is 10.6 Å². The average Bonchev–Trinajstić information content (AvgIpc) is 2.97. The van der Waals surface area contributed by atoms with E-state index in [1.807, 2.05) is 13.0 Å². The molecular weight excluding hydrogens is 232 g/mol. The van der Waals surface area contributed by atoms with Gasteiger partial charge in [0.05, 0.1) is 0 Å². The van der Waals surface area contributed by atoms with Gasteiger partial charge in [0.15, 0.2) is 11.5 Å². The smallest absolute Gasteiger partial charge is 0.245 e. The van der Waals surface area contributed by atoms with Crippen LogP contribution in [0.4, 0.5) is 5.95 Å². The van der Waals surface area contributed by atoms with Gasteiger partial charge in [0.25, 0.3) is 0 Å². The van der Waals surface area contributed by atoms with Crippen LogP contribution in [0.25, 0.3) is 11.5 Å². The molecule has 0 aromatic carbocycles. The van der Waals surface area contributed by atoms with E-state index in [0.29, 0.717) is 17.6 Å². The van der Waals surface area contributed by atoms with Crippen LogP contribution in [0.2, 0.25) is 0 Å². The average molecular weight is 248 g/mol. The number of aryl methyl sites for hydroxylation is 1. The van der Waals surface area contributed by atoms with E-state index in [-0.39, 0.29) is 0 Å². The lowest BCUT2D eigenvalue weighted by Crippen LogP contribution is -2.49. The molecule has 0 bridgehead atoms. The van der Waals surface area contributed by atoms with Gasteiger partial charge in [0.1, 0.15) is 5.76 Å². The fourth-order valence-electron chi connectivity index (χ4n) is 2.10. The number of piperazine rings is 1. The van der Waals surface area contributed by atoms with Gasteiger partial charge >= 0.3 is 0 Å². The zero-order valence-electron chi connectivity index (χ0n) is 10.5. The molecule has 7 nitrogen and oxygen atoms in total. The lowest BCUT2D eigenvalue weighted by molar-refractivity contribution is 0.399. The van der Waals surface area contributed by atoms with E-state index in [4.69, 9.17) is 4.52 Å². The van der Waals surface area contributed by atoms with Crippen molar-refractivity contribution in [2.24, 2.45) is 0 Å². The molecule has 2 N–H and O–H groups in total. The van der Waals surface area contributed by atoms with Crippen molar-refractivity contribution in [2.75, 3.05) is 24.5 Å². The van der Waals surface area contributed by atoms with Crippen molar-refractivity contribution < 1.29 is 4.52 Å². The molecule has 1 aliphatic rings. The Labute approximate surface area is 105 Å². The second-order valence-corrected chi connectivity index (χ2v) is 4.61. The molecule has 0 radical (unpaired) electrons. The van der Waals surface area contributed by atoms with E-state index in [2.05, 4.69) is 37.5 Å². The molecule has 0 amide bonds. The summed E-state index contributed by atoms with van der Waals surface area (Å²) in [5.74, 6) is 2.13. The van der Waals surface area contributed by atoms with Gasteiger partial charge in [-0.3, -0.25) is 5.10 Å². The first-order chi connectivity index (χ1) is 8.72. The molecule has 7 heteroatoms. The third-order valence-corrected chi connectivity index (χ3v) is 3.00. The van der Waals surface area contributed by atoms with Gasteiger partial charge in [-0.15, -0.1) is 5.10 Å². The Bertz CT molecular complexity index is 533. The lowest BCUT2D eigenvalue weighted by Gasteiger charge is -2.30. The van der Waals surface area contributed by atoms with Crippen LogP contribution in [0.3, 0.4) is 0 Å². The Balaban J connectivity index is 1.80. The highest BCUT2D eigenvalue weighted by molar-refractivity contribution is 5.50. The maximum Gasteiger partial charge on any atom is 0.245 e. The first-order valence-corrected chi connectivity index (χ1v) is 6.07. The molecule has 1 fully saturated rings. The number of nitrogens with zero attached hydrogens (tertiary/aromatic N) is 4. The van der Waals surface area contributed by atoms with Crippen molar-refractivity contribution in [3.63, 3.8) is 0 Å². The van der Waals surface area contributed by atoms with Crippen LogP contribution in [-0.4, -0.2) is 46.0 Å². The van der Waals surface area contributed by atoms with Gasteiger partial charge in [-0.2, -0.15) is 4.98 Å². The lowest BCUT2D eigenvalue weighted by atomic mass is 10.2. The quantitative estimate of drug-likeness (QED) is 0.808. The number of anilines is 1. The maximum absolute atomic E-state index is 5.03. The van der Waals surface area contributed by atoms with Crippen molar-refractivity contribution in [1.82, 2.24) is 25.7 Å².